The van der Waals surface area contributed by atoms with Gasteiger partial charge in [0.15, 0.2) is 0 Å². The molecule has 2 aromatic rings. The molecule has 6 atom stereocenters. The number of benzene rings is 2. The van der Waals surface area contributed by atoms with Crippen LogP contribution < -0.4 is 16.0 Å². The summed E-state index contributed by atoms with van der Waals surface area (Å²) in [6.45, 7) is 8.66. The van der Waals surface area contributed by atoms with Crippen LogP contribution in [-0.2, 0) is 19.1 Å². The number of piperidine rings is 1. The number of amides is 2. The van der Waals surface area contributed by atoms with Crippen molar-refractivity contribution in [3.05, 3.63) is 59.7 Å². The van der Waals surface area contributed by atoms with E-state index < -0.39 is 51.2 Å². The van der Waals surface area contributed by atoms with Crippen LogP contribution in [0.4, 0.5) is 0 Å². The lowest BCUT2D eigenvalue weighted by molar-refractivity contribution is -0.129. The van der Waals surface area contributed by atoms with E-state index in [1.165, 1.54) is 24.8 Å². The SMILES string of the molecule is Cc1c(O)cccc1C(=O)N[C@H](CSc1ccccc1)[C@](C)(O)CS(=O)(=O)OC1NC(C(=O)NC(C)(C)C)CC2CCCCC21. The first-order valence-corrected chi connectivity index (χ1v) is 18.1. The van der Waals surface area contributed by atoms with Crippen LogP contribution in [0.15, 0.2) is 53.4 Å². The van der Waals surface area contributed by atoms with Gasteiger partial charge in [-0.25, -0.2) is 0 Å². The Morgan fingerprint density at radius 2 is 1.76 bits per heavy atom. The number of phenols is 1. The molecule has 0 bridgehead atoms. The third-order valence-corrected chi connectivity index (χ3v) is 11.1. The van der Waals surface area contributed by atoms with Gasteiger partial charge in [0, 0.05) is 33.2 Å². The van der Waals surface area contributed by atoms with Gasteiger partial charge in [-0.2, -0.15) is 8.42 Å². The zero-order chi connectivity index (χ0) is 33.0. The average Bonchev–Trinajstić information content (AvgIpc) is 2.95. The lowest BCUT2D eigenvalue weighted by atomic mass is 9.72. The second-order valence-electron chi connectivity index (χ2n) is 13.6. The smallest absolute Gasteiger partial charge is 0.271 e. The van der Waals surface area contributed by atoms with E-state index in [0.717, 1.165) is 30.6 Å². The van der Waals surface area contributed by atoms with Crippen molar-refractivity contribution in [2.75, 3.05) is 11.5 Å². The second kappa shape index (κ2) is 14.4. The van der Waals surface area contributed by atoms with Crippen LogP contribution >= 0.6 is 11.8 Å². The Hall–Kier alpha value is -2.64. The van der Waals surface area contributed by atoms with Crippen LogP contribution in [0, 0.1) is 18.8 Å². The third-order valence-electron chi connectivity index (χ3n) is 8.56. The summed E-state index contributed by atoms with van der Waals surface area (Å²) in [7, 11) is -4.36. The molecule has 0 aromatic heterocycles. The molecule has 12 heteroatoms. The molecule has 0 radical (unpaired) electrons. The van der Waals surface area contributed by atoms with Gasteiger partial charge >= 0.3 is 0 Å². The molecule has 2 aliphatic rings. The van der Waals surface area contributed by atoms with Crippen molar-refractivity contribution in [1.29, 1.82) is 0 Å². The summed E-state index contributed by atoms with van der Waals surface area (Å²) in [4.78, 5) is 27.3. The number of phenolic OH excluding ortho intramolecular Hbond substituents is 1. The molecule has 1 aliphatic carbocycles. The standard InChI is InChI=1S/C33H47N3O7S2/c1-21-24(16-11-17-27(21)37)29(38)35-28(19-44-23-13-7-6-8-14-23)33(5,40)20-45(41,42)43-31-25-15-10-9-12-22(25)18-26(34-31)30(39)36-32(2,3)4/h6-8,11,13-14,16-17,22,25-26,28,31,34,37,40H,9-10,12,15,18-20H2,1-5H3,(H,35,38)(H,36,39)/t22?,25?,26?,28-,31?,33-/m1/s1. The minimum atomic E-state index is -4.36. The fraction of sp³-hybridized carbons (Fsp3) is 0.576. The number of hydrogen-bond acceptors (Lipinski definition) is 9. The zero-order valence-electron chi connectivity index (χ0n) is 26.7. The normalized spacial score (nSPS) is 24.1. The van der Waals surface area contributed by atoms with Crippen LogP contribution in [0.25, 0.3) is 0 Å². The second-order valence-corrected chi connectivity index (χ2v) is 16.3. The highest BCUT2D eigenvalue weighted by molar-refractivity contribution is 7.99. The molecule has 4 rings (SSSR count). The molecule has 1 heterocycles. The zero-order valence-corrected chi connectivity index (χ0v) is 28.3. The van der Waals surface area contributed by atoms with Gasteiger partial charge in [0.1, 0.15) is 17.7 Å². The number of thioether (sulfide) groups is 1. The number of hydrogen-bond donors (Lipinski definition) is 5. The van der Waals surface area contributed by atoms with Crippen LogP contribution in [0.5, 0.6) is 5.75 Å². The maximum atomic E-state index is 13.7. The molecule has 10 nitrogen and oxygen atoms in total. The van der Waals surface area contributed by atoms with Gasteiger partial charge in [-0.1, -0.05) is 37.1 Å². The van der Waals surface area contributed by atoms with E-state index in [0.29, 0.717) is 12.0 Å². The van der Waals surface area contributed by atoms with E-state index in [1.54, 1.807) is 19.1 Å². The highest BCUT2D eigenvalue weighted by Crippen LogP contribution is 2.40. The Labute approximate surface area is 271 Å². The number of rotatable bonds is 11. The van der Waals surface area contributed by atoms with Crippen molar-refractivity contribution in [3.63, 3.8) is 0 Å². The summed E-state index contributed by atoms with van der Waals surface area (Å²) in [5.74, 6) is -1.37. The van der Waals surface area contributed by atoms with Gasteiger partial charge in [-0.05, 0) is 84.1 Å². The van der Waals surface area contributed by atoms with Crippen molar-refractivity contribution in [2.24, 2.45) is 11.8 Å². The third kappa shape index (κ3) is 9.68. The lowest BCUT2D eigenvalue weighted by Crippen LogP contribution is -2.61. The lowest BCUT2D eigenvalue weighted by Gasteiger charge is -2.44. The molecule has 1 aliphatic heterocycles. The van der Waals surface area contributed by atoms with Gasteiger partial charge in [0.2, 0.25) is 5.91 Å². The summed E-state index contributed by atoms with van der Waals surface area (Å²) < 4.78 is 33.1. The Kier molecular flexibility index (Phi) is 11.3. The van der Waals surface area contributed by atoms with Gasteiger partial charge in [-0.3, -0.25) is 19.1 Å². The topological polar surface area (TPSA) is 154 Å². The largest absolute Gasteiger partial charge is 0.508 e. The maximum absolute atomic E-state index is 13.7. The Balaban J connectivity index is 1.54. The molecule has 2 fully saturated rings. The number of carbonyl (C=O) groups excluding carboxylic acids is 2. The van der Waals surface area contributed by atoms with Crippen LogP contribution in [0.3, 0.4) is 0 Å². The first-order valence-electron chi connectivity index (χ1n) is 15.5. The summed E-state index contributed by atoms with van der Waals surface area (Å²) in [6, 6.07) is 12.3. The molecular weight excluding hydrogens is 615 g/mol. The van der Waals surface area contributed by atoms with Crippen molar-refractivity contribution in [3.8, 4) is 5.75 Å². The van der Waals surface area contributed by atoms with Crippen molar-refractivity contribution in [1.82, 2.24) is 16.0 Å². The summed E-state index contributed by atoms with van der Waals surface area (Å²) in [6.07, 6.45) is 3.31. The molecule has 1 saturated heterocycles. The average molecular weight is 662 g/mol. The van der Waals surface area contributed by atoms with E-state index in [4.69, 9.17) is 4.18 Å². The van der Waals surface area contributed by atoms with Crippen molar-refractivity contribution < 1.29 is 32.4 Å². The van der Waals surface area contributed by atoms with E-state index in [1.807, 2.05) is 51.1 Å². The van der Waals surface area contributed by atoms with E-state index in [2.05, 4.69) is 16.0 Å². The van der Waals surface area contributed by atoms with Crippen molar-refractivity contribution >= 4 is 33.7 Å². The summed E-state index contributed by atoms with van der Waals surface area (Å²) >= 11 is 1.37. The highest BCUT2D eigenvalue weighted by Gasteiger charge is 2.45. The Morgan fingerprint density at radius 3 is 2.44 bits per heavy atom. The quantitative estimate of drug-likeness (QED) is 0.177. The van der Waals surface area contributed by atoms with E-state index >= 15 is 0 Å². The molecule has 1 saturated carbocycles. The molecule has 45 heavy (non-hydrogen) atoms. The first kappa shape index (κ1) is 35.2. The van der Waals surface area contributed by atoms with Crippen LogP contribution in [0.1, 0.15) is 75.7 Å². The number of carbonyl (C=O) groups is 2. The monoisotopic (exact) mass is 661 g/mol. The maximum Gasteiger partial charge on any atom is 0.271 e. The Morgan fingerprint density at radius 1 is 1.07 bits per heavy atom. The Bertz CT molecular complexity index is 1440. The summed E-state index contributed by atoms with van der Waals surface area (Å²) in [5, 5.41) is 30.8. The molecule has 2 aromatic carbocycles. The van der Waals surface area contributed by atoms with Gasteiger partial charge < -0.3 is 20.8 Å². The molecule has 248 valence electrons. The van der Waals surface area contributed by atoms with Crippen LogP contribution in [0.2, 0.25) is 0 Å². The summed E-state index contributed by atoms with van der Waals surface area (Å²) in [5.41, 5.74) is -1.80. The van der Waals surface area contributed by atoms with Gasteiger partial charge in [0.25, 0.3) is 16.0 Å². The number of fused-ring (bicyclic) bond motifs is 1. The molecule has 5 N–H and O–H groups in total. The number of aliphatic hydroxyl groups is 1. The fourth-order valence-electron chi connectivity index (χ4n) is 6.19. The van der Waals surface area contributed by atoms with Crippen LogP contribution in [-0.4, -0.2) is 71.4 Å². The molecular formula is C33H47N3O7S2. The number of nitrogens with one attached hydrogen (secondary N) is 3. The minimum absolute atomic E-state index is 0.0453. The van der Waals surface area contributed by atoms with E-state index in [-0.39, 0.29) is 34.8 Å². The van der Waals surface area contributed by atoms with Gasteiger partial charge in [-0.15, -0.1) is 11.8 Å². The van der Waals surface area contributed by atoms with Gasteiger partial charge in [0.05, 0.1) is 17.7 Å². The van der Waals surface area contributed by atoms with E-state index in [9.17, 15) is 28.2 Å². The predicted molar refractivity (Wildman–Crippen MR) is 175 cm³/mol. The number of aromatic hydroxyl groups is 1. The molecule has 4 unspecified atom stereocenters. The first-order chi connectivity index (χ1) is 21.0. The highest BCUT2D eigenvalue weighted by atomic mass is 32.2. The predicted octanol–water partition coefficient (Wildman–Crippen LogP) is 4.10. The fourth-order valence-corrected chi connectivity index (χ4v) is 8.84. The molecule has 0 spiro atoms. The minimum Gasteiger partial charge on any atom is -0.508 e. The molecule has 2 amide bonds. The van der Waals surface area contributed by atoms with Crippen molar-refractivity contribution in [2.45, 2.75) is 101 Å².